The summed E-state index contributed by atoms with van der Waals surface area (Å²) in [5, 5.41) is 0. The van der Waals surface area contributed by atoms with Crippen molar-refractivity contribution < 1.29 is 0 Å². The van der Waals surface area contributed by atoms with Crippen LogP contribution in [0.15, 0.2) is 22.8 Å². The third kappa shape index (κ3) is 3.29. The molecule has 0 aliphatic heterocycles. The first-order valence-corrected chi connectivity index (χ1v) is 7.22. The summed E-state index contributed by atoms with van der Waals surface area (Å²) in [6.45, 7) is 4.68. The Balaban J connectivity index is 2.08. The van der Waals surface area contributed by atoms with Crippen molar-refractivity contribution in [1.29, 1.82) is 0 Å². The van der Waals surface area contributed by atoms with Crippen molar-refractivity contribution >= 4 is 15.9 Å². The molecule has 1 aromatic heterocycles. The number of nitrogens with two attached hydrogens (primary N) is 1. The molecular formula is C14H21BrN2. The molecule has 3 atom stereocenters. The fourth-order valence-electron chi connectivity index (χ4n) is 3.13. The minimum Gasteiger partial charge on any atom is -0.322 e. The van der Waals surface area contributed by atoms with Crippen LogP contribution in [0.2, 0.25) is 0 Å². The van der Waals surface area contributed by atoms with E-state index < -0.39 is 0 Å². The third-order valence-electron chi connectivity index (χ3n) is 3.81. The van der Waals surface area contributed by atoms with Crippen LogP contribution < -0.4 is 5.73 Å². The lowest BCUT2D eigenvalue weighted by atomic mass is 9.73. The van der Waals surface area contributed by atoms with E-state index in [0.29, 0.717) is 5.92 Å². The van der Waals surface area contributed by atoms with E-state index in [4.69, 9.17) is 5.73 Å². The van der Waals surface area contributed by atoms with Crippen molar-refractivity contribution in [3.63, 3.8) is 0 Å². The molecule has 0 spiro atoms. The van der Waals surface area contributed by atoms with Gasteiger partial charge in [0, 0.05) is 16.7 Å². The van der Waals surface area contributed by atoms with E-state index in [-0.39, 0.29) is 6.04 Å². The van der Waals surface area contributed by atoms with Crippen molar-refractivity contribution in [2.75, 3.05) is 0 Å². The SMILES string of the molecule is CC1CC(C)CC(C(N)c2ccc(Br)cn2)C1. The van der Waals surface area contributed by atoms with Gasteiger partial charge in [0.2, 0.25) is 0 Å². The van der Waals surface area contributed by atoms with Gasteiger partial charge >= 0.3 is 0 Å². The standard InChI is InChI=1S/C14H21BrN2/c1-9-5-10(2)7-11(6-9)14(16)13-4-3-12(15)8-17-13/h3-4,8-11,14H,5-7,16H2,1-2H3. The van der Waals surface area contributed by atoms with Crippen molar-refractivity contribution in [2.45, 2.75) is 39.2 Å². The molecule has 0 saturated heterocycles. The topological polar surface area (TPSA) is 38.9 Å². The van der Waals surface area contributed by atoms with E-state index >= 15 is 0 Å². The summed E-state index contributed by atoms with van der Waals surface area (Å²) in [5.74, 6) is 2.18. The summed E-state index contributed by atoms with van der Waals surface area (Å²) in [7, 11) is 0. The second-order valence-electron chi connectivity index (χ2n) is 5.60. The second kappa shape index (κ2) is 5.49. The molecule has 2 nitrogen and oxygen atoms in total. The van der Waals surface area contributed by atoms with Gasteiger partial charge in [-0.25, -0.2) is 0 Å². The maximum atomic E-state index is 6.37. The predicted molar refractivity (Wildman–Crippen MR) is 74.5 cm³/mol. The van der Waals surface area contributed by atoms with Crippen LogP contribution in [0.25, 0.3) is 0 Å². The first kappa shape index (κ1) is 13.0. The van der Waals surface area contributed by atoms with Gasteiger partial charge in [0.25, 0.3) is 0 Å². The highest BCUT2D eigenvalue weighted by molar-refractivity contribution is 9.10. The van der Waals surface area contributed by atoms with E-state index in [1.807, 2.05) is 18.3 Å². The fraction of sp³-hybridized carbons (Fsp3) is 0.643. The first-order valence-electron chi connectivity index (χ1n) is 6.43. The van der Waals surface area contributed by atoms with Gasteiger partial charge in [-0.2, -0.15) is 0 Å². The van der Waals surface area contributed by atoms with Crippen LogP contribution in [0.3, 0.4) is 0 Å². The monoisotopic (exact) mass is 296 g/mol. The van der Waals surface area contributed by atoms with Gasteiger partial charge in [-0.05, 0) is 65.1 Å². The first-order chi connectivity index (χ1) is 8.06. The number of halogens is 1. The van der Waals surface area contributed by atoms with Crippen molar-refractivity contribution in [2.24, 2.45) is 23.5 Å². The minimum atomic E-state index is 0.0910. The minimum absolute atomic E-state index is 0.0910. The van der Waals surface area contributed by atoms with Crippen LogP contribution in [0.4, 0.5) is 0 Å². The highest BCUT2D eigenvalue weighted by atomic mass is 79.9. The van der Waals surface area contributed by atoms with Gasteiger partial charge in [-0.3, -0.25) is 4.98 Å². The molecule has 1 fully saturated rings. The maximum Gasteiger partial charge on any atom is 0.0574 e. The van der Waals surface area contributed by atoms with Gasteiger partial charge < -0.3 is 5.73 Å². The van der Waals surface area contributed by atoms with E-state index in [9.17, 15) is 0 Å². The summed E-state index contributed by atoms with van der Waals surface area (Å²) >= 11 is 3.41. The molecule has 3 heteroatoms. The molecular weight excluding hydrogens is 276 g/mol. The molecule has 1 saturated carbocycles. The summed E-state index contributed by atoms with van der Waals surface area (Å²) in [4.78, 5) is 4.43. The van der Waals surface area contributed by atoms with Crippen LogP contribution in [0, 0.1) is 17.8 Å². The molecule has 1 heterocycles. The number of rotatable bonds is 2. The number of hydrogen-bond donors (Lipinski definition) is 1. The van der Waals surface area contributed by atoms with Gasteiger partial charge in [-0.1, -0.05) is 13.8 Å². The Morgan fingerprint density at radius 1 is 1.24 bits per heavy atom. The lowest BCUT2D eigenvalue weighted by molar-refractivity contribution is 0.192. The molecule has 2 rings (SSSR count). The smallest absolute Gasteiger partial charge is 0.0574 e. The average Bonchev–Trinajstić information content (AvgIpc) is 2.28. The Kier molecular flexibility index (Phi) is 4.21. The van der Waals surface area contributed by atoms with E-state index in [2.05, 4.69) is 34.8 Å². The summed E-state index contributed by atoms with van der Waals surface area (Å²) in [6, 6.07) is 4.16. The fourth-order valence-corrected chi connectivity index (χ4v) is 3.36. The normalized spacial score (nSPS) is 31.2. The molecule has 0 bridgehead atoms. The Bertz CT molecular complexity index is 353. The van der Waals surface area contributed by atoms with E-state index in [0.717, 1.165) is 22.0 Å². The Hall–Kier alpha value is -0.410. The molecule has 1 aliphatic rings. The van der Waals surface area contributed by atoms with Gasteiger partial charge in [-0.15, -0.1) is 0 Å². The lowest BCUT2D eigenvalue weighted by Gasteiger charge is -2.34. The van der Waals surface area contributed by atoms with E-state index in [1.165, 1.54) is 19.3 Å². The zero-order valence-electron chi connectivity index (χ0n) is 10.6. The summed E-state index contributed by atoms with van der Waals surface area (Å²) in [5.41, 5.74) is 7.39. The quantitative estimate of drug-likeness (QED) is 0.898. The van der Waals surface area contributed by atoms with E-state index in [1.54, 1.807) is 0 Å². The number of aromatic nitrogens is 1. The van der Waals surface area contributed by atoms with Gasteiger partial charge in [0.15, 0.2) is 0 Å². The average molecular weight is 297 g/mol. The molecule has 0 aromatic carbocycles. The van der Waals surface area contributed by atoms with Crippen LogP contribution in [-0.2, 0) is 0 Å². The Morgan fingerprint density at radius 3 is 2.41 bits per heavy atom. The largest absolute Gasteiger partial charge is 0.322 e. The zero-order valence-corrected chi connectivity index (χ0v) is 12.2. The van der Waals surface area contributed by atoms with Crippen LogP contribution in [0.1, 0.15) is 44.8 Å². The summed E-state index contributed by atoms with van der Waals surface area (Å²) < 4.78 is 1.01. The summed E-state index contributed by atoms with van der Waals surface area (Å²) in [6.07, 6.45) is 5.66. The second-order valence-corrected chi connectivity index (χ2v) is 6.52. The zero-order chi connectivity index (χ0) is 12.4. The number of pyridine rings is 1. The highest BCUT2D eigenvalue weighted by Gasteiger charge is 2.29. The molecule has 1 aromatic rings. The number of hydrogen-bond acceptors (Lipinski definition) is 2. The molecule has 2 N–H and O–H groups in total. The number of nitrogens with zero attached hydrogens (tertiary/aromatic N) is 1. The highest BCUT2D eigenvalue weighted by Crippen LogP contribution is 2.38. The lowest BCUT2D eigenvalue weighted by Crippen LogP contribution is -2.29. The molecule has 17 heavy (non-hydrogen) atoms. The van der Waals surface area contributed by atoms with Gasteiger partial charge in [0.05, 0.1) is 5.69 Å². The predicted octanol–water partition coefficient (Wildman–Crippen LogP) is 3.92. The molecule has 94 valence electrons. The molecule has 1 aliphatic carbocycles. The van der Waals surface area contributed by atoms with Crippen molar-refractivity contribution in [3.8, 4) is 0 Å². The Morgan fingerprint density at radius 2 is 1.88 bits per heavy atom. The van der Waals surface area contributed by atoms with Crippen LogP contribution in [0.5, 0.6) is 0 Å². The Labute approximate surface area is 112 Å². The maximum absolute atomic E-state index is 6.37. The van der Waals surface area contributed by atoms with Crippen LogP contribution in [-0.4, -0.2) is 4.98 Å². The molecule has 3 unspecified atom stereocenters. The van der Waals surface area contributed by atoms with Crippen molar-refractivity contribution in [1.82, 2.24) is 4.98 Å². The van der Waals surface area contributed by atoms with Gasteiger partial charge in [0.1, 0.15) is 0 Å². The molecule has 0 radical (unpaired) electrons. The van der Waals surface area contributed by atoms with Crippen molar-refractivity contribution in [3.05, 3.63) is 28.5 Å². The van der Waals surface area contributed by atoms with Crippen LogP contribution >= 0.6 is 15.9 Å². The third-order valence-corrected chi connectivity index (χ3v) is 4.28. The molecule has 0 amide bonds.